The van der Waals surface area contributed by atoms with E-state index in [4.69, 9.17) is 4.98 Å². The van der Waals surface area contributed by atoms with Gasteiger partial charge in [0, 0.05) is 18.5 Å². The van der Waals surface area contributed by atoms with Gasteiger partial charge in [-0.05, 0) is 31.6 Å². The van der Waals surface area contributed by atoms with E-state index in [0.717, 1.165) is 27.9 Å². The van der Waals surface area contributed by atoms with E-state index in [0.29, 0.717) is 6.04 Å². The average Bonchev–Trinajstić information content (AvgIpc) is 2.91. The molecule has 0 aromatic carbocycles. The van der Waals surface area contributed by atoms with E-state index < -0.39 is 0 Å². The van der Waals surface area contributed by atoms with Gasteiger partial charge < -0.3 is 4.90 Å². The summed E-state index contributed by atoms with van der Waals surface area (Å²) in [4.78, 5) is 19.2. The summed E-state index contributed by atoms with van der Waals surface area (Å²) in [5.41, 5.74) is 0.859. The first-order valence-electron chi connectivity index (χ1n) is 8.06. The Labute approximate surface area is 132 Å². The van der Waals surface area contributed by atoms with Gasteiger partial charge in [0.2, 0.25) is 0 Å². The maximum Gasteiger partial charge on any atom is 0.186 e. The third-order valence-electron chi connectivity index (χ3n) is 4.70. The molecule has 0 atom stereocenters. The van der Waals surface area contributed by atoms with E-state index >= 15 is 0 Å². The molecular weight excluding hydrogens is 280 g/mol. The van der Waals surface area contributed by atoms with E-state index in [1.165, 1.54) is 32.1 Å². The molecule has 1 aliphatic carbocycles. The molecule has 0 spiro atoms. The highest BCUT2D eigenvalue weighted by atomic mass is 32.1. The van der Waals surface area contributed by atoms with E-state index in [9.17, 15) is 4.79 Å². The molecule has 0 bridgehead atoms. The van der Waals surface area contributed by atoms with Crippen LogP contribution in [-0.2, 0) is 5.41 Å². The summed E-state index contributed by atoms with van der Waals surface area (Å²) in [7, 11) is 2.14. The van der Waals surface area contributed by atoms with Crippen molar-refractivity contribution in [1.82, 2.24) is 4.98 Å². The Morgan fingerprint density at radius 3 is 2.33 bits per heavy atom. The second-order valence-electron chi connectivity index (χ2n) is 7.27. The van der Waals surface area contributed by atoms with Crippen LogP contribution in [0.2, 0.25) is 0 Å². The molecule has 1 heterocycles. The van der Waals surface area contributed by atoms with E-state index in [2.05, 4.69) is 39.6 Å². The summed E-state index contributed by atoms with van der Waals surface area (Å²) in [6, 6.07) is 0.575. The lowest BCUT2D eigenvalue weighted by molar-refractivity contribution is 0.112. The smallest absolute Gasteiger partial charge is 0.186 e. The number of carbonyl (C=O) groups is 1. The van der Waals surface area contributed by atoms with Crippen molar-refractivity contribution in [1.29, 1.82) is 0 Å². The standard InChI is InChI=1S/C17H28N2OS/c1-6-12-7-9-13(10-8-12)19(5)16-18-15(17(2,3)4)14(11-20)21-16/h11-13H,6-10H2,1-5H3. The topological polar surface area (TPSA) is 33.2 Å². The number of thiazole rings is 1. The highest BCUT2D eigenvalue weighted by molar-refractivity contribution is 7.17. The summed E-state index contributed by atoms with van der Waals surface area (Å²) in [5.74, 6) is 0.904. The summed E-state index contributed by atoms with van der Waals surface area (Å²) < 4.78 is 0. The third kappa shape index (κ3) is 3.65. The zero-order chi connectivity index (χ0) is 15.6. The zero-order valence-electron chi connectivity index (χ0n) is 14.0. The first kappa shape index (κ1) is 16.5. The quantitative estimate of drug-likeness (QED) is 0.759. The molecule has 1 fully saturated rings. The van der Waals surface area contributed by atoms with Crippen molar-refractivity contribution in [2.75, 3.05) is 11.9 Å². The molecular formula is C17H28N2OS. The Morgan fingerprint density at radius 1 is 1.29 bits per heavy atom. The lowest BCUT2D eigenvalue weighted by atomic mass is 9.84. The van der Waals surface area contributed by atoms with Crippen molar-refractivity contribution in [2.24, 2.45) is 5.92 Å². The van der Waals surface area contributed by atoms with Crippen molar-refractivity contribution in [3.05, 3.63) is 10.6 Å². The number of hydrogen-bond acceptors (Lipinski definition) is 4. The highest BCUT2D eigenvalue weighted by Gasteiger charge is 2.28. The fraction of sp³-hybridized carbons (Fsp3) is 0.765. The molecule has 2 rings (SSSR count). The van der Waals surface area contributed by atoms with Crippen LogP contribution in [0.4, 0.5) is 5.13 Å². The minimum Gasteiger partial charge on any atom is -0.348 e. The van der Waals surface area contributed by atoms with Gasteiger partial charge in [0.1, 0.15) is 0 Å². The third-order valence-corrected chi connectivity index (χ3v) is 5.77. The maximum absolute atomic E-state index is 11.3. The minimum atomic E-state index is -0.0777. The SMILES string of the molecule is CCC1CCC(N(C)c2nc(C(C)(C)C)c(C=O)s2)CC1. The Morgan fingerprint density at radius 2 is 1.90 bits per heavy atom. The lowest BCUT2D eigenvalue weighted by Crippen LogP contribution is -2.35. The molecule has 1 aliphatic rings. The molecule has 0 unspecified atom stereocenters. The van der Waals surface area contributed by atoms with Crippen LogP contribution < -0.4 is 4.90 Å². The Balaban J connectivity index is 2.15. The number of aldehydes is 1. The monoisotopic (exact) mass is 308 g/mol. The van der Waals surface area contributed by atoms with E-state index in [1.54, 1.807) is 11.3 Å². The Bertz CT molecular complexity index is 481. The normalized spacial score (nSPS) is 23.1. The van der Waals surface area contributed by atoms with Crippen LogP contribution in [0.5, 0.6) is 0 Å². The fourth-order valence-electron chi connectivity index (χ4n) is 3.18. The van der Waals surface area contributed by atoms with Crippen molar-refractivity contribution in [3.8, 4) is 0 Å². The second kappa shape index (κ2) is 6.47. The number of aromatic nitrogens is 1. The van der Waals surface area contributed by atoms with Crippen LogP contribution in [0.1, 0.15) is 75.2 Å². The summed E-state index contributed by atoms with van der Waals surface area (Å²) >= 11 is 1.54. The minimum absolute atomic E-state index is 0.0777. The van der Waals surface area contributed by atoms with Gasteiger partial charge in [-0.1, -0.05) is 45.5 Å². The van der Waals surface area contributed by atoms with Crippen LogP contribution in [0, 0.1) is 5.92 Å². The number of nitrogens with zero attached hydrogens (tertiary/aromatic N) is 2. The van der Waals surface area contributed by atoms with Crippen LogP contribution in [0.3, 0.4) is 0 Å². The first-order valence-corrected chi connectivity index (χ1v) is 8.87. The summed E-state index contributed by atoms with van der Waals surface area (Å²) in [5, 5.41) is 1.00. The highest BCUT2D eigenvalue weighted by Crippen LogP contribution is 2.36. The number of hydrogen-bond donors (Lipinski definition) is 0. The number of anilines is 1. The van der Waals surface area contributed by atoms with Crippen LogP contribution >= 0.6 is 11.3 Å². The predicted molar refractivity (Wildman–Crippen MR) is 90.6 cm³/mol. The van der Waals surface area contributed by atoms with E-state index in [1.807, 2.05) is 0 Å². The Hall–Kier alpha value is -0.900. The van der Waals surface area contributed by atoms with Gasteiger partial charge in [0.25, 0.3) is 0 Å². The van der Waals surface area contributed by atoms with Gasteiger partial charge in [0.15, 0.2) is 11.4 Å². The van der Waals surface area contributed by atoms with Crippen molar-refractivity contribution in [2.45, 2.75) is 71.3 Å². The molecule has 0 aliphatic heterocycles. The van der Waals surface area contributed by atoms with Crippen LogP contribution in [0.25, 0.3) is 0 Å². The largest absolute Gasteiger partial charge is 0.348 e. The second-order valence-corrected chi connectivity index (χ2v) is 8.28. The van der Waals surface area contributed by atoms with Crippen molar-refractivity contribution in [3.63, 3.8) is 0 Å². The first-order chi connectivity index (χ1) is 9.86. The van der Waals surface area contributed by atoms with Gasteiger partial charge in [-0.15, -0.1) is 0 Å². The van der Waals surface area contributed by atoms with Crippen molar-refractivity contribution >= 4 is 22.8 Å². The number of carbonyl (C=O) groups excluding carboxylic acids is 1. The molecule has 4 heteroatoms. The molecule has 0 radical (unpaired) electrons. The molecule has 3 nitrogen and oxygen atoms in total. The Kier molecular flexibility index (Phi) is 5.07. The van der Waals surface area contributed by atoms with Gasteiger partial charge in [-0.2, -0.15) is 0 Å². The average molecular weight is 308 g/mol. The lowest BCUT2D eigenvalue weighted by Gasteiger charge is -2.34. The zero-order valence-corrected chi connectivity index (χ0v) is 14.8. The van der Waals surface area contributed by atoms with Gasteiger partial charge in [-0.3, -0.25) is 4.79 Å². The fourth-order valence-corrected chi connectivity index (χ4v) is 4.31. The van der Waals surface area contributed by atoms with E-state index in [-0.39, 0.29) is 5.41 Å². The molecule has 0 N–H and O–H groups in total. The summed E-state index contributed by atoms with van der Waals surface area (Å²) in [6.07, 6.45) is 7.40. The van der Waals surface area contributed by atoms with Gasteiger partial charge in [-0.25, -0.2) is 4.98 Å². The van der Waals surface area contributed by atoms with Gasteiger partial charge >= 0.3 is 0 Å². The molecule has 0 amide bonds. The predicted octanol–water partition coefficient (Wildman–Crippen LogP) is 4.66. The van der Waals surface area contributed by atoms with Crippen LogP contribution in [-0.4, -0.2) is 24.4 Å². The molecule has 1 aromatic heterocycles. The maximum atomic E-state index is 11.3. The molecule has 1 saturated carbocycles. The number of rotatable bonds is 4. The van der Waals surface area contributed by atoms with Crippen LogP contribution in [0.15, 0.2) is 0 Å². The molecule has 1 aromatic rings. The van der Waals surface area contributed by atoms with Gasteiger partial charge in [0.05, 0.1) is 10.6 Å². The molecule has 118 valence electrons. The summed E-state index contributed by atoms with van der Waals surface area (Å²) in [6.45, 7) is 8.64. The molecule has 21 heavy (non-hydrogen) atoms. The van der Waals surface area contributed by atoms with Crippen molar-refractivity contribution < 1.29 is 4.79 Å². The molecule has 0 saturated heterocycles.